The maximum absolute atomic E-state index is 12.9. The van der Waals surface area contributed by atoms with Crippen molar-refractivity contribution in [2.75, 3.05) is 24.5 Å². The van der Waals surface area contributed by atoms with Gasteiger partial charge in [0.1, 0.15) is 0 Å². The van der Waals surface area contributed by atoms with Crippen molar-refractivity contribution in [3.8, 4) is 0 Å². The summed E-state index contributed by atoms with van der Waals surface area (Å²) in [6.07, 6.45) is 4.81. The molecule has 2 aliphatic rings. The van der Waals surface area contributed by atoms with Crippen LogP contribution in [0.2, 0.25) is 0 Å². The molecule has 5 nitrogen and oxygen atoms in total. The Morgan fingerprint density at radius 3 is 2.87 bits per heavy atom. The molecule has 2 fully saturated rings. The Balaban J connectivity index is 1.52. The second-order valence-electron chi connectivity index (χ2n) is 6.19. The predicted octanol–water partition coefficient (Wildman–Crippen LogP) is 2.41. The molecule has 1 atom stereocenters. The van der Waals surface area contributed by atoms with E-state index in [1.54, 1.807) is 40.8 Å². The van der Waals surface area contributed by atoms with Gasteiger partial charge >= 0.3 is 0 Å². The van der Waals surface area contributed by atoms with Crippen molar-refractivity contribution in [2.45, 2.75) is 12.8 Å². The zero-order chi connectivity index (χ0) is 15.9. The number of nitrogens with zero attached hydrogens (tertiary/aromatic N) is 3. The van der Waals surface area contributed by atoms with Crippen molar-refractivity contribution < 1.29 is 9.59 Å². The summed E-state index contributed by atoms with van der Waals surface area (Å²) in [5, 5.41) is 3.99. The number of hydrogen-bond acceptors (Lipinski definition) is 4. The molecule has 0 aliphatic carbocycles. The van der Waals surface area contributed by atoms with E-state index < -0.39 is 5.41 Å². The summed E-state index contributed by atoms with van der Waals surface area (Å²) in [6.45, 7) is 1.89. The topological polar surface area (TPSA) is 53.5 Å². The molecule has 1 spiro atoms. The molecular weight excluding hydrogens is 310 g/mol. The van der Waals surface area contributed by atoms with Crippen molar-refractivity contribution in [3.63, 3.8) is 0 Å². The van der Waals surface area contributed by atoms with Crippen LogP contribution in [0.25, 0.3) is 0 Å². The van der Waals surface area contributed by atoms with Crippen molar-refractivity contribution in [2.24, 2.45) is 5.41 Å². The van der Waals surface area contributed by atoms with Gasteiger partial charge in [-0.25, -0.2) is 0 Å². The van der Waals surface area contributed by atoms with Gasteiger partial charge in [0.15, 0.2) is 0 Å². The van der Waals surface area contributed by atoms with Crippen molar-refractivity contribution in [1.82, 2.24) is 9.88 Å². The third-order valence-corrected chi connectivity index (χ3v) is 5.55. The second kappa shape index (κ2) is 5.45. The van der Waals surface area contributed by atoms with Crippen LogP contribution in [0.3, 0.4) is 0 Å². The fourth-order valence-corrected chi connectivity index (χ4v) is 4.22. The van der Waals surface area contributed by atoms with Crippen LogP contribution in [0, 0.1) is 5.41 Å². The van der Waals surface area contributed by atoms with E-state index in [0.29, 0.717) is 18.7 Å². The molecule has 0 N–H and O–H groups in total. The summed E-state index contributed by atoms with van der Waals surface area (Å²) in [6, 6.07) is 5.52. The van der Waals surface area contributed by atoms with E-state index in [4.69, 9.17) is 0 Å². The number of amides is 2. The van der Waals surface area contributed by atoms with Gasteiger partial charge in [0.05, 0.1) is 16.7 Å². The summed E-state index contributed by atoms with van der Waals surface area (Å²) < 4.78 is 0. The van der Waals surface area contributed by atoms with Crippen molar-refractivity contribution in [1.29, 1.82) is 0 Å². The van der Waals surface area contributed by atoms with Crippen LogP contribution in [0.15, 0.2) is 41.4 Å². The van der Waals surface area contributed by atoms with Gasteiger partial charge in [-0.3, -0.25) is 14.6 Å². The molecular formula is C17H17N3O2S. The quantitative estimate of drug-likeness (QED) is 0.851. The number of thiophene rings is 1. The fraction of sp³-hybridized carbons (Fsp3) is 0.353. The minimum Gasteiger partial charge on any atom is -0.337 e. The lowest BCUT2D eigenvalue weighted by atomic mass is 9.85. The Morgan fingerprint density at radius 1 is 1.26 bits per heavy atom. The molecule has 6 heteroatoms. The maximum atomic E-state index is 12.9. The number of hydrogen-bond donors (Lipinski definition) is 0. The minimum absolute atomic E-state index is 0.0308. The van der Waals surface area contributed by atoms with Crippen LogP contribution in [0.1, 0.15) is 23.2 Å². The zero-order valence-corrected chi connectivity index (χ0v) is 13.5. The Bertz CT molecular complexity index is 732. The number of carbonyl (C=O) groups is 2. The van der Waals surface area contributed by atoms with Gasteiger partial charge < -0.3 is 9.80 Å². The summed E-state index contributed by atoms with van der Waals surface area (Å²) >= 11 is 1.60. The molecule has 0 unspecified atom stereocenters. The first-order valence-corrected chi connectivity index (χ1v) is 8.67. The van der Waals surface area contributed by atoms with Gasteiger partial charge in [-0.1, -0.05) is 0 Å². The molecule has 2 aromatic rings. The highest BCUT2D eigenvalue weighted by Gasteiger charge is 2.52. The number of rotatable bonds is 2. The fourth-order valence-electron chi connectivity index (χ4n) is 3.57. The molecule has 0 radical (unpaired) electrons. The molecule has 0 saturated carbocycles. The third-order valence-electron chi connectivity index (χ3n) is 4.88. The van der Waals surface area contributed by atoms with Crippen LogP contribution in [-0.4, -0.2) is 41.3 Å². The zero-order valence-electron chi connectivity index (χ0n) is 12.6. The summed E-state index contributed by atoms with van der Waals surface area (Å²) in [5.41, 5.74) is 1.17. The number of likely N-dealkylation sites (tertiary alicyclic amines) is 1. The van der Waals surface area contributed by atoms with Crippen molar-refractivity contribution >= 4 is 28.8 Å². The largest absolute Gasteiger partial charge is 0.337 e. The first-order valence-electron chi connectivity index (χ1n) is 7.73. The number of carbonyl (C=O) groups excluding carboxylic acids is 2. The first kappa shape index (κ1) is 14.4. The van der Waals surface area contributed by atoms with E-state index in [2.05, 4.69) is 4.98 Å². The molecule has 2 amide bonds. The van der Waals surface area contributed by atoms with Gasteiger partial charge in [0.25, 0.3) is 5.91 Å². The molecule has 23 heavy (non-hydrogen) atoms. The Labute approximate surface area is 138 Å². The van der Waals surface area contributed by atoms with Gasteiger partial charge in [-0.05, 0) is 36.4 Å². The Hall–Kier alpha value is -2.21. The Kier molecular flexibility index (Phi) is 3.41. The van der Waals surface area contributed by atoms with Gasteiger partial charge in [-0.2, -0.15) is 11.3 Å². The molecule has 0 bridgehead atoms. The lowest BCUT2D eigenvalue weighted by Crippen LogP contribution is -2.38. The average molecular weight is 327 g/mol. The van der Waals surface area contributed by atoms with Crippen LogP contribution >= 0.6 is 11.3 Å². The predicted molar refractivity (Wildman–Crippen MR) is 88.5 cm³/mol. The first-order chi connectivity index (χ1) is 11.2. The highest BCUT2D eigenvalue weighted by molar-refractivity contribution is 7.08. The summed E-state index contributed by atoms with van der Waals surface area (Å²) in [5.74, 6) is 0.133. The van der Waals surface area contributed by atoms with E-state index in [-0.39, 0.29) is 11.8 Å². The van der Waals surface area contributed by atoms with E-state index in [0.717, 1.165) is 25.1 Å². The highest BCUT2D eigenvalue weighted by atomic mass is 32.1. The van der Waals surface area contributed by atoms with Crippen LogP contribution in [0.4, 0.5) is 5.69 Å². The van der Waals surface area contributed by atoms with Crippen LogP contribution in [-0.2, 0) is 4.79 Å². The molecule has 0 aromatic carbocycles. The molecule has 4 heterocycles. The standard InChI is InChI=1S/C17H17N3O2S/c21-15(13-2-1-6-18-10-13)19-7-4-17(12-19)5-8-20(16(17)22)14-3-9-23-11-14/h1-3,6,9-11H,4-5,7-8,12H2/t17-/m0/s1. The van der Waals surface area contributed by atoms with E-state index in [1.165, 1.54) is 0 Å². The summed E-state index contributed by atoms with van der Waals surface area (Å²) in [4.78, 5) is 33.2. The van der Waals surface area contributed by atoms with E-state index in [9.17, 15) is 9.59 Å². The van der Waals surface area contributed by atoms with Crippen LogP contribution in [0.5, 0.6) is 0 Å². The van der Waals surface area contributed by atoms with Gasteiger partial charge in [0.2, 0.25) is 5.91 Å². The minimum atomic E-state index is -0.403. The second-order valence-corrected chi connectivity index (χ2v) is 6.97. The van der Waals surface area contributed by atoms with Gasteiger partial charge in [0, 0.05) is 37.4 Å². The monoisotopic (exact) mass is 327 g/mol. The molecule has 2 aromatic heterocycles. The number of pyridine rings is 1. The molecule has 4 rings (SSSR count). The van der Waals surface area contributed by atoms with E-state index in [1.807, 2.05) is 21.7 Å². The normalized spacial score (nSPS) is 23.9. The highest BCUT2D eigenvalue weighted by Crippen LogP contribution is 2.42. The molecule has 2 aliphatic heterocycles. The Morgan fingerprint density at radius 2 is 2.13 bits per heavy atom. The maximum Gasteiger partial charge on any atom is 0.255 e. The average Bonchev–Trinajstić information content (AvgIpc) is 3.31. The lowest BCUT2D eigenvalue weighted by Gasteiger charge is -2.23. The number of aromatic nitrogens is 1. The van der Waals surface area contributed by atoms with Gasteiger partial charge in [-0.15, -0.1) is 0 Å². The van der Waals surface area contributed by atoms with Crippen molar-refractivity contribution in [3.05, 3.63) is 46.9 Å². The smallest absolute Gasteiger partial charge is 0.255 e. The van der Waals surface area contributed by atoms with Crippen LogP contribution < -0.4 is 4.90 Å². The van der Waals surface area contributed by atoms with E-state index >= 15 is 0 Å². The third kappa shape index (κ3) is 2.34. The molecule has 118 valence electrons. The SMILES string of the molecule is O=C(c1cccnc1)N1CC[C@]2(CCN(c3ccsc3)C2=O)C1. The summed E-state index contributed by atoms with van der Waals surface area (Å²) in [7, 11) is 0. The lowest BCUT2D eigenvalue weighted by molar-refractivity contribution is -0.124. The number of anilines is 1. The molecule has 2 saturated heterocycles.